The van der Waals surface area contributed by atoms with Crippen LogP contribution in [0.4, 0.5) is 0 Å². The molecule has 1 unspecified atom stereocenters. The number of benzene rings is 1. The highest BCUT2D eigenvalue weighted by molar-refractivity contribution is 5.98. The molecule has 1 aromatic rings. The summed E-state index contributed by atoms with van der Waals surface area (Å²) >= 11 is 0. The molecule has 1 atom stereocenters. The van der Waals surface area contributed by atoms with Gasteiger partial charge in [-0.25, -0.2) is 0 Å². The van der Waals surface area contributed by atoms with Gasteiger partial charge in [0.15, 0.2) is 5.78 Å². The molecular weight excluding hydrogens is 282 g/mol. The van der Waals surface area contributed by atoms with Crippen LogP contribution in [-0.4, -0.2) is 38.1 Å². The number of methoxy groups -OCH3 is 1. The van der Waals surface area contributed by atoms with Gasteiger partial charge in [0.1, 0.15) is 5.75 Å². The minimum Gasteiger partial charge on any atom is -0.497 e. The molecule has 5 heteroatoms. The third kappa shape index (κ3) is 5.15. The highest BCUT2D eigenvalue weighted by atomic mass is 16.5. The molecule has 0 aliphatic carbocycles. The summed E-state index contributed by atoms with van der Waals surface area (Å²) in [5, 5.41) is 2.84. The Morgan fingerprint density at radius 3 is 2.64 bits per heavy atom. The van der Waals surface area contributed by atoms with E-state index in [0.29, 0.717) is 17.9 Å². The number of nitrogens with one attached hydrogen (secondary N) is 1. The van der Waals surface area contributed by atoms with E-state index in [4.69, 9.17) is 9.47 Å². The molecule has 120 valence electrons. The third-order valence-electron chi connectivity index (χ3n) is 3.79. The summed E-state index contributed by atoms with van der Waals surface area (Å²) in [6.07, 6.45) is 3.78. The summed E-state index contributed by atoms with van der Waals surface area (Å²) in [6.45, 7) is 1.31. The van der Waals surface area contributed by atoms with Crippen molar-refractivity contribution in [2.45, 2.75) is 38.2 Å². The smallest absolute Gasteiger partial charge is 0.220 e. The zero-order valence-corrected chi connectivity index (χ0v) is 13.0. The van der Waals surface area contributed by atoms with Gasteiger partial charge >= 0.3 is 0 Å². The predicted octanol–water partition coefficient (Wildman–Crippen LogP) is 2.34. The van der Waals surface area contributed by atoms with Crippen molar-refractivity contribution < 1.29 is 19.1 Å². The van der Waals surface area contributed by atoms with Crippen LogP contribution >= 0.6 is 0 Å². The van der Waals surface area contributed by atoms with E-state index in [9.17, 15) is 9.59 Å². The second-order valence-corrected chi connectivity index (χ2v) is 5.44. The van der Waals surface area contributed by atoms with Crippen molar-refractivity contribution in [1.82, 2.24) is 5.32 Å². The summed E-state index contributed by atoms with van der Waals surface area (Å²) < 4.78 is 10.6. The highest BCUT2D eigenvalue weighted by Crippen LogP contribution is 2.14. The number of ether oxygens (including phenoxy) is 2. The van der Waals surface area contributed by atoms with Gasteiger partial charge in [-0.1, -0.05) is 0 Å². The summed E-state index contributed by atoms with van der Waals surface area (Å²) in [7, 11) is 1.58. The molecule has 0 saturated carbocycles. The molecule has 0 bridgehead atoms. The summed E-state index contributed by atoms with van der Waals surface area (Å²) in [6, 6.07) is 6.92. The third-order valence-corrected chi connectivity index (χ3v) is 3.79. The van der Waals surface area contributed by atoms with Crippen molar-refractivity contribution >= 4 is 11.7 Å². The number of amides is 1. The molecule has 22 heavy (non-hydrogen) atoms. The number of Topliss-reactive ketones (excluding diaryl/α,β-unsaturated/α-hetero) is 1. The van der Waals surface area contributed by atoms with Crippen LogP contribution in [0.15, 0.2) is 24.3 Å². The Balaban J connectivity index is 1.69. The van der Waals surface area contributed by atoms with Crippen LogP contribution in [0.3, 0.4) is 0 Å². The molecule has 1 heterocycles. The first-order valence-corrected chi connectivity index (χ1v) is 7.74. The fraction of sp³-hybridized carbons (Fsp3) is 0.529. The molecule has 1 aliphatic rings. The molecule has 1 N–H and O–H groups in total. The maximum Gasteiger partial charge on any atom is 0.220 e. The average Bonchev–Trinajstić information content (AvgIpc) is 2.58. The Hall–Kier alpha value is -1.88. The molecule has 1 saturated heterocycles. The molecule has 0 aromatic heterocycles. The summed E-state index contributed by atoms with van der Waals surface area (Å²) in [5.74, 6) is 0.574. The van der Waals surface area contributed by atoms with Crippen molar-refractivity contribution in [3.8, 4) is 5.75 Å². The number of carbonyl (C=O) groups excluding carboxylic acids is 2. The molecule has 1 fully saturated rings. The lowest BCUT2D eigenvalue weighted by Crippen LogP contribution is -2.35. The van der Waals surface area contributed by atoms with Crippen LogP contribution in [0.25, 0.3) is 0 Å². The standard InChI is InChI=1S/C17H23NO4/c1-21-14-7-5-13(6-8-14)16(19)9-10-17(20)18-12-15-4-2-3-11-22-15/h5-8,15H,2-4,9-12H2,1H3,(H,18,20). The topological polar surface area (TPSA) is 64.6 Å². The van der Waals surface area contributed by atoms with Crippen molar-refractivity contribution in [2.24, 2.45) is 0 Å². The highest BCUT2D eigenvalue weighted by Gasteiger charge is 2.15. The van der Waals surface area contributed by atoms with Crippen molar-refractivity contribution in [3.05, 3.63) is 29.8 Å². The summed E-state index contributed by atoms with van der Waals surface area (Å²) in [4.78, 5) is 23.8. The molecule has 1 amide bonds. The fourth-order valence-corrected chi connectivity index (χ4v) is 2.43. The average molecular weight is 305 g/mol. The normalized spacial score (nSPS) is 17.8. The Morgan fingerprint density at radius 1 is 1.23 bits per heavy atom. The molecular formula is C17H23NO4. The molecule has 1 aliphatic heterocycles. The Bertz CT molecular complexity index is 492. The Labute approximate surface area is 131 Å². The maximum atomic E-state index is 12.0. The second kappa shape index (κ2) is 8.54. The molecule has 0 spiro atoms. The van der Waals surface area contributed by atoms with Crippen LogP contribution < -0.4 is 10.1 Å². The number of hydrogen-bond donors (Lipinski definition) is 1. The largest absolute Gasteiger partial charge is 0.497 e. The monoisotopic (exact) mass is 305 g/mol. The molecule has 2 rings (SSSR count). The van der Waals surface area contributed by atoms with E-state index < -0.39 is 0 Å². The van der Waals surface area contributed by atoms with Crippen molar-refractivity contribution in [3.63, 3.8) is 0 Å². The first kappa shape index (κ1) is 16.5. The van der Waals surface area contributed by atoms with E-state index >= 15 is 0 Å². The number of hydrogen-bond acceptors (Lipinski definition) is 4. The van der Waals surface area contributed by atoms with Crippen molar-refractivity contribution in [1.29, 1.82) is 0 Å². The van der Waals surface area contributed by atoms with E-state index in [0.717, 1.165) is 25.9 Å². The Kier molecular flexibility index (Phi) is 6.40. The van der Waals surface area contributed by atoms with E-state index in [1.165, 1.54) is 0 Å². The first-order valence-electron chi connectivity index (χ1n) is 7.74. The molecule has 5 nitrogen and oxygen atoms in total. The van der Waals surface area contributed by atoms with E-state index in [-0.39, 0.29) is 30.6 Å². The van der Waals surface area contributed by atoms with Crippen LogP contribution in [0, 0.1) is 0 Å². The molecule has 1 aromatic carbocycles. The Morgan fingerprint density at radius 2 is 2.00 bits per heavy atom. The van der Waals surface area contributed by atoms with Gasteiger partial charge in [0.05, 0.1) is 13.2 Å². The predicted molar refractivity (Wildman–Crippen MR) is 83.2 cm³/mol. The van der Waals surface area contributed by atoms with Gasteiger partial charge in [0.2, 0.25) is 5.91 Å². The van der Waals surface area contributed by atoms with Gasteiger partial charge < -0.3 is 14.8 Å². The van der Waals surface area contributed by atoms with Crippen LogP contribution in [0.2, 0.25) is 0 Å². The SMILES string of the molecule is COc1ccc(C(=O)CCC(=O)NCC2CCCCO2)cc1. The van der Waals surface area contributed by atoms with Gasteiger partial charge in [-0.3, -0.25) is 9.59 Å². The number of carbonyl (C=O) groups is 2. The van der Waals surface area contributed by atoms with Crippen LogP contribution in [0.5, 0.6) is 5.75 Å². The zero-order chi connectivity index (χ0) is 15.8. The van der Waals surface area contributed by atoms with Gasteiger partial charge in [-0.05, 0) is 43.5 Å². The van der Waals surface area contributed by atoms with E-state index in [1.807, 2.05) is 0 Å². The van der Waals surface area contributed by atoms with Crippen molar-refractivity contribution in [2.75, 3.05) is 20.3 Å². The maximum absolute atomic E-state index is 12.0. The van der Waals surface area contributed by atoms with Crippen LogP contribution in [0.1, 0.15) is 42.5 Å². The number of rotatable bonds is 7. The molecule has 0 radical (unpaired) electrons. The fourth-order valence-electron chi connectivity index (χ4n) is 2.43. The van der Waals surface area contributed by atoms with Gasteiger partial charge in [-0.2, -0.15) is 0 Å². The van der Waals surface area contributed by atoms with Gasteiger partial charge in [0, 0.05) is 31.6 Å². The second-order valence-electron chi connectivity index (χ2n) is 5.44. The van der Waals surface area contributed by atoms with Gasteiger partial charge in [0.25, 0.3) is 0 Å². The lowest BCUT2D eigenvalue weighted by atomic mass is 10.1. The quantitative estimate of drug-likeness (QED) is 0.785. The lowest BCUT2D eigenvalue weighted by Gasteiger charge is -2.22. The summed E-state index contributed by atoms with van der Waals surface area (Å²) in [5.41, 5.74) is 0.601. The minimum atomic E-state index is -0.101. The first-order chi connectivity index (χ1) is 10.7. The van der Waals surface area contributed by atoms with E-state index in [1.54, 1.807) is 31.4 Å². The lowest BCUT2D eigenvalue weighted by molar-refractivity contribution is -0.122. The van der Waals surface area contributed by atoms with Gasteiger partial charge in [-0.15, -0.1) is 0 Å². The zero-order valence-electron chi connectivity index (χ0n) is 13.0. The minimum absolute atomic E-state index is 0.0354. The number of ketones is 1. The van der Waals surface area contributed by atoms with E-state index in [2.05, 4.69) is 5.32 Å². The van der Waals surface area contributed by atoms with Crippen LogP contribution in [-0.2, 0) is 9.53 Å².